The van der Waals surface area contributed by atoms with Crippen molar-refractivity contribution < 1.29 is 18.1 Å². The predicted octanol–water partition coefficient (Wildman–Crippen LogP) is 4.39. The number of rotatable bonds is 4. The van der Waals surface area contributed by atoms with Gasteiger partial charge in [-0.1, -0.05) is 15.9 Å². The smallest absolute Gasteiger partial charge is 0.275 e. The number of anilines is 1. The normalized spacial score (nSPS) is 10.5. The molecule has 0 amide bonds. The zero-order valence-electron chi connectivity index (χ0n) is 10.4. The Morgan fingerprint density at radius 3 is 2.33 bits per heavy atom. The summed E-state index contributed by atoms with van der Waals surface area (Å²) in [6.07, 6.45) is 0. The first-order chi connectivity index (χ1) is 9.88. The van der Waals surface area contributed by atoms with Gasteiger partial charge in [-0.05, 0) is 23.8 Å². The molecule has 4 nitrogen and oxygen atoms in total. The summed E-state index contributed by atoms with van der Waals surface area (Å²) < 4.78 is 41.0. The molecule has 0 spiro atoms. The highest BCUT2D eigenvalue weighted by atomic mass is 79.9. The van der Waals surface area contributed by atoms with Crippen molar-refractivity contribution in [2.75, 3.05) is 5.32 Å². The van der Waals surface area contributed by atoms with Crippen LogP contribution in [0, 0.1) is 27.6 Å². The standard InChI is InChI=1S/C13H8BrF3N2O2/c14-10-2-1-8(15)3-7(10)6-18-13-11(16)4-9(19(20)21)5-12(13)17/h1-5,18H,6H2. The molecule has 0 saturated heterocycles. The lowest BCUT2D eigenvalue weighted by Crippen LogP contribution is -2.05. The van der Waals surface area contributed by atoms with Crippen LogP contribution in [0.4, 0.5) is 24.5 Å². The van der Waals surface area contributed by atoms with Gasteiger partial charge >= 0.3 is 0 Å². The van der Waals surface area contributed by atoms with Crippen molar-refractivity contribution in [1.82, 2.24) is 0 Å². The van der Waals surface area contributed by atoms with E-state index in [0.717, 1.165) is 0 Å². The summed E-state index contributed by atoms with van der Waals surface area (Å²) >= 11 is 3.19. The summed E-state index contributed by atoms with van der Waals surface area (Å²) in [5.74, 6) is -2.66. The van der Waals surface area contributed by atoms with E-state index < -0.39 is 33.7 Å². The lowest BCUT2D eigenvalue weighted by Gasteiger charge is -2.10. The second-order valence-electron chi connectivity index (χ2n) is 4.13. The Kier molecular flexibility index (Phi) is 4.46. The summed E-state index contributed by atoms with van der Waals surface area (Å²) in [5.41, 5.74) is -0.730. The number of nitro benzene ring substituents is 1. The first kappa shape index (κ1) is 15.3. The quantitative estimate of drug-likeness (QED) is 0.649. The van der Waals surface area contributed by atoms with Crippen molar-refractivity contribution in [2.45, 2.75) is 6.54 Å². The van der Waals surface area contributed by atoms with Crippen molar-refractivity contribution in [3.05, 3.63) is 67.9 Å². The highest BCUT2D eigenvalue weighted by Crippen LogP contribution is 2.26. The second kappa shape index (κ2) is 6.13. The molecule has 0 radical (unpaired) electrons. The predicted molar refractivity (Wildman–Crippen MR) is 74.4 cm³/mol. The molecule has 21 heavy (non-hydrogen) atoms. The van der Waals surface area contributed by atoms with Crippen molar-refractivity contribution in [3.8, 4) is 0 Å². The summed E-state index contributed by atoms with van der Waals surface area (Å²) in [5, 5.41) is 12.9. The van der Waals surface area contributed by atoms with Crippen LogP contribution in [0.5, 0.6) is 0 Å². The molecule has 0 aliphatic carbocycles. The van der Waals surface area contributed by atoms with E-state index in [1.807, 2.05) is 0 Å². The molecule has 1 N–H and O–H groups in total. The Morgan fingerprint density at radius 1 is 1.14 bits per heavy atom. The maximum Gasteiger partial charge on any atom is 0.275 e. The molecule has 0 bridgehead atoms. The van der Waals surface area contributed by atoms with Gasteiger partial charge in [0, 0.05) is 11.0 Å². The Morgan fingerprint density at radius 2 is 1.76 bits per heavy atom. The third-order valence-corrected chi connectivity index (χ3v) is 3.47. The topological polar surface area (TPSA) is 55.2 Å². The van der Waals surface area contributed by atoms with Crippen molar-refractivity contribution in [1.29, 1.82) is 0 Å². The van der Waals surface area contributed by atoms with E-state index in [1.165, 1.54) is 18.2 Å². The van der Waals surface area contributed by atoms with Crippen LogP contribution in [0.25, 0.3) is 0 Å². The lowest BCUT2D eigenvalue weighted by atomic mass is 10.2. The van der Waals surface area contributed by atoms with E-state index in [-0.39, 0.29) is 6.54 Å². The van der Waals surface area contributed by atoms with Gasteiger partial charge in [0.05, 0.1) is 17.1 Å². The van der Waals surface area contributed by atoms with Crippen LogP contribution in [0.15, 0.2) is 34.8 Å². The number of non-ortho nitro benzene ring substituents is 1. The van der Waals surface area contributed by atoms with E-state index in [1.54, 1.807) is 0 Å². The Bertz CT molecular complexity index is 687. The average molecular weight is 361 g/mol. The Balaban J connectivity index is 2.24. The minimum atomic E-state index is -1.09. The van der Waals surface area contributed by atoms with Crippen LogP contribution in [0.1, 0.15) is 5.56 Å². The van der Waals surface area contributed by atoms with Crippen molar-refractivity contribution in [3.63, 3.8) is 0 Å². The molecule has 0 heterocycles. The van der Waals surface area contributed by atoms with Gasteiger partial charge in [-0.15, -0.1) is 0 Å². The van der Waals surface area contributed by atoms with Crippen LogP contribution in [0.3, 0.4) is 0 Å². The fourth-order valence-corrected chi connectivity index (χ4v) is 2.08. The number of halogens is 4. The van der Waals surface area contributed by atoms with E-state index in [0.29, 0.717) is 22.2 Å². The minimum absolute atomic E-state index is 0.0516. The van der Waals surface area contributed by atoms with E-state index >= 15 is 0 Å². The van der Waals surface area contributed by atoms with Crippen LogP contribution < -0.4 is 5.32 Å². The zero-order chi connectivity index (χ0) is 15.6. The van der Waals surface area contributed by atoms with Gasteiger partial charge in [0.25, 0.3) is 5.69 Å². The van der Waals surface area contributed by atoms with Gasteiger partial charge in [0.15, 0.2) is 11.6 Å². The van der Waals surface area contributed by atoms with Gasteiger partial charge in [0.2, 0.25) is 0 Å². The molecule has 0 saturated carbocycles. The molecule has 0 aliphatic heterocycles. The number of hydrogen-bond donors (Lipinski definition) is 1. The zero-order valence-corrected chi connectivity index (χ0v) is 12.0. The monoisotopic (exact) mass is 360 g/mol. The number of nitrogens with zero attached hydrogens (tertiary/aromatic N) is 1. The van der Waals surface area contributed by atoms with E-state index in [2.05, 4.69) is 21.2 Å². The molecule has 2 rings (SSSR count). The highest BCUT2D eigenvalue weighted by molar-refractivity contribution is 9.10. The molecule has 0 unspecified atom stereocenters. The summed E-state index contributed by atoms with van der Waals surface area (Å²) in [7, 11) is 0. The maximum atomic E-state index is 13.7. The van der Waals surface area contributed by atoms with E-state index in [4.69, 9.17) is 0 Å². The second-order valence-corrected chi connectivity index (χ2v) is 4.99. The first-order valence-electron chi connectivity index (χ1n) is 5.69. The average Bonchev–Trinajstić information content (AvgIpc) is 2.41. The third kappa shape index (κ3) is 3.52. The minimum Gasteiger partial charge on any atom is -0.376 e. The van der Waals surface area contributed by atoms with Gasteiger partial charge in [-0.25, -0.2) is 13.2 Å². The third-order valence-electron chi connectivity index (χ3n) is 2.70. The van der Waals surface area contributed by atoms with Crippen molar-refractivity contribution in [2.24, 2.45) is 0 Å². The molecule has 2 aromatic rings. The van der Waals surface area contributed by atoms with E-state index in [9.17, 15) is 23.3 Å². The molecule has 0 aliphatic rings. The van der Waals surface area contributed by atoms with Crippen LogP contribution in [-0.2, 0) is 6.54 Å². The van der Waals surface area contributed by atoms with Gasteiger partial charge in [-0.2, -0.15) is 0 Å². The van der Waals surface area contributed by atoms with Gasteiger partial charge in [-0.3, -0.25) is 10.1 Å². The molecule has 110 valence electrons. The fourth-order valence-electron chi connectivity index (χ4n) is 1.70. The van der Waals surface area contributed by atoms with Gasteiger partial charge in [0.1, 0.15) is 11.5 Å². The lowest BCUT2D eigenvalue weighted by molar-refractivity contribution is -0.385. The van der Waals surface area contributed by atoms with Crippen LogP contribution >= 0.6 is 15.9 Å². The van der Waals surface area contributed by atoms with Crippen LogP contribution in [0.2, 0.25) is 0 Å². The number of benzene rings is 2. The molecule has 8 heteroatoms. The largest absolute Gasteiger partial charge is 0.376 e. The SMILES string of the molecule is O=[N+]([O-])c1cc(F)c(NCc2cc(F)ccc2Br)c(F)c1. The molecule has 0 fully saturated rings. The summed E-state index contributed by atoms with van der Waals surface area (Å²) in [6, 6.07) is 5.14. The molecule has 0 atom stereocenters. The Hall–Kier alpha value is -2.09. The fraction of sp³-hybridized carbons (Fsp3) is 0.0769. The van der Waals surface area contributed by atoms with Gasteiger partial charge < -0.3 is 5.32 Å². The highest BCUT2D eigenvalue weighted by Gasteiger charge is 2.17. The Labute approximate surface area is 125 Å². The molecule has 0 aromatic heterocycles. The molecular formula is C13H8BrF3N2O2. The van der Waals surface area contributed by atoms with Crippen molar-refractivity contribution >= 4 is 27.3 Å². The molecular weight excluding hydrogens is 353 g/mol. The van der Waals surface area contributed by atoms with Crippen LogP contribution in [-0.4, -0.2) is 4.92 Å². The number of nitrogens with one attached hydrogen (secondary N) is 1. The summed E-state index contributed by atoms with van der Waals surface area (Å²) in [6.45, 7) is -0.0516. The maximum absolute atomic E-state index is 13.7. The number of nitro groups is 1. The number of hydrogen-bond acceptors (Lipinski definition) is 3. The summed E-state index contributed by atoms with van der Waals surface area (Å²) in [4.78, 5) is 9.59. The first-order valence-corrected chi connectivity index (χ1v) is 6.49. The molecule has 2 aromatic carbocycles.